The van der Waals surface area contributed by atoms with Crippen LogP contribution in [-0.4, -0.2) is 53.2 Å². The summed E-state index contributed by atoms with van der Waals surface area (Å²) in [4.78, 5) is 21.8. The van der Waals surface area contributed by atoms with Gasteiger partial charge in [-0.3, -0.25) is 0 Å². The molecular formula is C15H20N6O. The third-order valence-electron chi connectivity index (χ3n) is 3.69. The number of anilines is 2. The maximum Gasteiger partial charge on any atom is 0.318 e. The van der Waals surface area contributed by atoms with Gasteiger partial charge in [0.25, 0.3) is 0 Å². The van der Waals surface area contributed by atoms with Gasteiger partial charge in [0.05, 0.1) is 7.11 Å². The van der Waals surface area contributed by atoms with Crippen molar-refractivity contribution in [2.75, 3.05) is 43.1 Å². The first-order chi connectivity index (χ1) is 10.7. The molecule has 1 aliphatic heterocycles. The molecule has 7 heteroatoms. The summed E-state index contributed by atoms with van der Waals surface area (Å²) in [5, 5.41) is 0. The molecule has 7 nitrogen and oxygen atoms in total. The van der Waals surface area contributed by atoms with Crippen LogP contribution in [0.1, 0.15) is 11.5 Å². The molecule has 116 valence electrons. The van der Waals surface area contributed by atoms with Gasteiger partial charge in [0, 0.05) is 44.1 Å². The maximum atomic E-state index is 5.15. The van der Waals surface area contributed by atoms with E-state index in [9.17, 15) is 0 Å². The van der Waals surface area contributed by atoms with E-state index in [2.05, 4.69) is 29.7 Å². The normalized spacial score (nSPS) is 15.0. The summed E-state index contributed by atoms with van der Waals surface area (Å²) in [6.07, 6.45) is 1.81. The molecule has 2 aromatic heterocycles. The van der Waals surface area contributed by atoms with Crippen LogP contribution < -0.4 is 14.5 Å². The first-order valence-electron chi connectivity index (χ1n) is 7.35. The second-order valence-electron chi connectivity index (χ2n) is 5.29. The Kier molecular flexibility index (Phi) is 4.04. The minimum Gasteiger partial charge on any atom is -0.467 e. The standard InChI is InChI=1S/C15H20N6O/c1-11-10-14(19-15(17-11)22-3)21-8-6-20(7-9-21)13-4-5-16-12(2)18-13/h4-5,10H,6-9H2,1-3H3. The molecule has 0 aliphatic carbocycles. The lowest BCUT2D eigenvalue weighted by molar-refractivity contribution is 0.378. The number of rotatable bonds is 3. The van der Waals surface area contributed by atoms with E-state index in [1.165, 1.54) is 0 Å². The molecule has 0 saturated carbocycles. The number of hydrogen-bond donors (Lipinski definition) is 0. The Bertz CT molecular complexity index is 654. The molecule has 0 bridgehead atoms. The highest BCUT2D eigenvalue weighted by atomic mass is 16.5. The van der Waals surface area contributed by atoms with Crippen molar-refractivity contribution in [3.8, 4) is 6.01 Å². The second kappa shape index (κ2) is 6.13. The molecule has 3 heterocycles. The van der Waals surface area contributed by atoms with E-state index in [1.54, 1.807) is 7.11 Å². The Hall–Kier alpha value is -2.44. The number of methoxy groups -OCH3 is 1. The van der Waals surface area contributed by atoms with Crippen LogP contribution in [0, 0.1) is 13.8 Å². The van der Waals surface area contributed by atoms with E-state index in [1.807, 2.05) is 32.2 Å². The van der Waals surface area contributed by atoms with Crippen LogP contribution >= 0.6 is 0 Å². The van der Waals surface area contributed by atoms with Crippen molar-refractivity contribution in [1.82, 2.24) is 19.9 Å². The van der Waals surface area contributed by atoms with Crippen LogP contribution in [0.4, 0.5) is 11.6 Å². The Morgan fingerprint density at radius 2 is 1.64 bits per heavy atom. The topological polar surface area (TPSA) is 67.3 Å². The lowest BCUT2D eigenvalue weighted by atomic mass is 10.3. The third kappa shape index (κ3) is 3.08. The number of nitrogens with zero attached hydrogens (tertiary/aromatic N) is 6. The zero-order valence-electron chi connectivity index (χ0n) is 13.2. The maximum absolute atomic E-state index is 5.15. The smallest absolute Gasteiger partial charge is 0.318 e. The molecule has 0 atom stereocenters. The molecule has 2 aromatic rings. The van der Waals surface area contributed by atoms with Crippen LogP contribution in [0.3, 0.4) is 0 Å². The number of aromatic nitrogens is 4. The minimum atomic E-state index is 0.420. The molecule has 0 aromatic carbocycles. The first-order valence-corrected chi connectivity index (χ1v) is 7.35. The lowest BCUT2D eigenvalue weighted by Crippen LogP contribution is -2.47. The number of hydrogen-bond acceptors (Lipinski definition) is 7. The van der Waals surface area contributed by atoms with Crippen LogP contribution in [0.5, 0.6) is 6.01 Å². The van der Waals surface area contributed by atoms with E-state index < -0.39 is 0 Å². The average molecular weight is 300 g/mol. The van der Waals surface area contributed by atoms with Crippen molar-refractivity contribution in [2.45, 2.75) is 13.8 Å². The van der Waals surface area contributed by atoms with Crippen molar-refractivity contribution >= 4 is 11.6 Å². The average Bonchev–Trinajstić information content (AvgIpc) is 2.54. The summed E-state index contributed by atoms with van der Waals surface area (Å²) in [5.41, 5.74) is 0.913. The van der Waals surface area contributed by atoms with Gasteiger partial charge in [-0.25, -0.2) is 15.0 Å². The Morgan fingerprint density at radius 1 is 0.955 bits per heavy atom. The molecule has 1 aliphatic rings. The van der Waals surface area contributed by atoms with Gasteiger partial charge in [-0.1, -0.05) is 0 Å². The summed E-state index contributed by atoms with van der Waals surface area (Å²) < 4.78 is 5.15. The van der Waals surface area contributed by atoms with Gasteiger partial charge in [-0.2, -0.15) is 4.98 Å². The summed E-state index contributed by atoms with van der Waals surface area (Å²) in [7, 11) is 1.59. The summed E-state index contributed by atoms with van der Waals surface area (Å²) in [6, 6.07) is 4.37. The zero-order chi connectivity index (χ0) is 15.5. The SMILES string of the molecule is COc1nc(C)cc(N2CCN(c3ccnc(C)n3)CC2)n1. The minimum absolute atomic E-state index is 0.420. The molecular weight excluding hydrogens is 280 g/mol. The highest BCUT2D eigenvalue weighted by Crippen LogP contribution is 2.19. The Labute approximate surface area is 130 Å². The van der Waals surface area contributed by atoms with Crippen molar-refractivity contribution in [2.24, 2.45) is 0 Å². The van der Waals surface area contributed by atoms with E-state index in [0.717, 1.165) is 49.3 Å². The molecule has 0 radical (unpaired) electrons. The first kappa shape index (κ1) is 14.5. The van der Waals surface area contributed by atoms with Gasteiger partial charge in [-0.05, 0) is 19.9 Å². The van der Waals surface area contributed by atoms with Gasteiger partial charge < -0.3 is 14.5 Å². The lowest BCUT2D eigenvalue weighted by Gasteiger charge is -2.36. The quantitative estimate of drug-likeness (QED) is 0.844. The van der Waals surface area contributed by atoms with Crippen LogP contribution in [0.25, 0.3) is 0 Å². The van der Waals surface area contributed by atoms with Crippen LogP contribution in [-0.2, 0) is 0 Å². The van der Waals surface area contributed by atoms with Gasteiger partial charge in [0.2, 0.25) is 0 Å². The fourth-order valence-corrected chi connectivity index (χ4v) is 2.56. The van der Waals surface area contributed by atoms with Crippen molar-refractivity contribution in [3.63, 3.8) is 0 Å². The molecule has 0 N–H and O–H groups in total. The van der Waals surface area contributed by atoms with Crippen LogP contribution in [0.15, 0.2) is 18.3 Å². The predicted octanol–water partition coefficient (Wildman–Crippen LogP) is 1.22. The monoisotopic (exact) mass is 300 g/mol. The fourth-order valence-electron chi connectivity index (χ4n) is 2.56. The van der Waals surface area contributed by atoms with E-state index in [0.29, 0.717) is 6.01 Å². The molecule has 22 heavy (non-hydrogen) atoms. The fraction of sp³-hybridized carbons (Fsp3) is 0.467. The van der Waals surface area contributed by atoms with Crippen molar-refractivity contribution in [3.05, 3.63) is 29.8 Å². The Morgan fingerprint density at radius 3 is 2.27 bits per heavy atom. The van der Waals surface area contributed by atoms with E-state index >= 15 is 0 Å². The van der Waals surface area contributed by atoms with Gasteiger partial charge in [-0.15, -0.1) is 0 Å². The largest absolute Gasteiger partial charge is 0.467 e. The molecule has 0 spiro atoms. The Balaban J connectivity index is 1.70. The summed E-state index contributed by atoms with van der Waals surface area (Å²) in [6.45, 7) is 7.46. The number of aryl methyl sites for hydroxylation is 2. The molecule has 0 unspecified atom stereocenters. The van der Waals surface area contributed by atoms with Gasteiger partial charge in [0.1, 0.15) is 17.5 Å². The molecule has 1 saturated heterocycles. The van der Waals surface area contributed by atoms with Gasteiger partial charge in [0.15, 0.2) is 0 Å². The van der Waals surface area contributed by atoms with Crippen molar-refractivity contribution < 1.29 is 4.74 Å². The molecule has 0 amide bonds. The van der Waals surface area contributed by atoms with Gasteiger partial charge >= 0.3 is 6.01 Å². The van der Waals surface area contributed by atoms with Crippen molar-refractivity contribution in [1.29, 1.82) is 0 Å². The predicted molar refractivity (Wildman–Crippen MR) is 84.5 cm³/mol. The number of ether oxygens (including phenoxy) is 1. The number of piperazine rings is 1. The summed E-state index contributed by atoms with van der Waals surface area (Å²) in [5.74, 6) is 2.71. The summed E-state index contributed by atoms with van der Waals surface area (Å²) >= 11 is 0. The zero-order valence-corrected chi connectivity index (χ0v) is 13.2. The van der Waals surface area contributed by atoms with Crippen LogP contribution in [0.2, 0.25) is 0 Å². The second-order valence-corrected chi connectivity index (χ2v) is 5.29. The molecule has 3 rings (SSSR count). The third-order valence-corrected chi connectivity index (χ3v) is 3.69. The van der Waals surface area contributed by atoms with E-state index in [4.69, 9.17) is 4.74 Å². The highest BCUT2D eigenvalue weighted by molar-refractivity contribution is 5.45. The molecule has 1 fully saturated rings. The highest BCUT2D eigenvalue weighted by Gasteiger charge is 2.20. The van der Waals surface area contributed by atoms with E-state index in [-0.39, 0.29) is 0 Å².